The number of methoxy groups -OCH3 is 1. The summed E-state index contributed by atoms with van der Waals surface area (Å²) < 4.78 is 5.09. The third-order valence-corrected chi connectivity index (χ3v) is 3.95. The molecule has 0 aromatic heterocycles. The zero-order chi connectivity index (χ0) is 16.3. The van der Waals surface area contributed by atoms with Crippen molar-refractivity contribution in [2.75, 3.05) is 20.2 Å². The van der Waals surface area contributed by atoms with E-state index in [4.69, 9.17) is 10.5 Å². The van der Waals surface area contributed by atoms with Crippen LogP contribution in [-0.4, -0.2) is 42.0 Å². The van der Waals surface area contributed by atoms with Crippen LogP contribution in [0.4, 0.5) is 5.69 Å². The highest BCUT2D eigenvalue weighted by atomic mass is 16.6. The van der Waals surface area contributed by atoms with E-state index >= 15 is 0 Å². The minimum atomic E-state index is -0.464. The van der Waals surface area contributed by atoms with Crippen molar-refractivity contribution < 1.29 is 14.5 Å². The number of carbonyl (C=O) groups is 1. The molecular formula is C15H19N3O4. The molecular weight excluding hydrogens is 286 g/mol. The number of ether oxygens (including phenoxy) is 1. The number of amides is 1. The summed E-state index contributed by atoms with van der Waals surface area (Å²) in [5.41, 5.74) is 7.25. The van der Waals surface area contributed by atoms with Gasteiger partial charge in [0.05, 0.1) is 18.1 Å². The van der Waals surface area contributed by atoms with E-state index in [-0.39, 0.29) is 23.4 Å². The van der Waals surface area contributed by atoms with Crippen molar-refractivity contribution in [3.05, 3.63) is 40.0 Å². The standard InChI is InChI=1S/C15H19N3O4/c1-10(15(16)19)17-7-5-11(6-8-17)12-3-4-13(18(20)21)14(9-12)22-2/h3-5,9-10H,6-8H2,1-2H3,(H2,16,19). The molecule has 1 amide bonds. The fourth-order valence-electron chi connectivity index (χ4n) is 2.51. The van der Waals surface area contributed by atoms with Gasteiger partial charge in [0.25, 0.3) is 0 Å². The third-order valence-electron chi connectivity index (χ3n) is 3.95. The number of hydrogen-bond acceptors (Lipinski definition) is 5. The van der Waals surface area contributed by atoms with Gasteiger partial charge < -0.3 is 10.5 Å². The van der Waals surface area contributed by atoms with Gasteiger partial charge in [-0.15, -0.1) is 0 Å². The highest BCUT2D eigenvalue weighted by Crippen LogP contribution is 2.32. The molecule has 0 spiro atoms. The van der Waals surface area contributed by atoms with Crippen LogP contribution < -0.4 is 10.5 Å². The molecule has 1 aromatic rings. The van der Waals surface area contributed by atoms with Crippen LogP contribution in [-0.2, 0) is 4.79 Å². The summed E-state index contributed by atoms with van der Waals surface area (Å²) >= 11 is 0. The highest BCUT2D eigenvalue weighted by Gasteiger charge is 2.22. The summed E-state index contributed by atoms with van der Waals surface area (Å²) in [4.78, 5) is 23.7. The van der Waals surface area contributed by atoms with Crippen LogP contribution in [0.25, 0.3) is 5.57 Å². The number of carbonyl (C=O) groups excluding carboxylic acids is 1. The first kappa shape index (κ1) is 16.0. The molecule has 2 rings (SSSR count). The number of nitrogens with zero attached hydrogens (tertiary/aromatic N) is 2. The third kappa shape index (κ3) is 3.25. The quantitative estimate of drug-likeness (QED) is 0.657. The van der Waals surface area contributed by atoms with E-state index in [1.807, 2.05) is 11.0 Å². The molecule has 1 aliphatic rings. The maximum absolute atomic E-state index is 11.2. The van der Waals surface area contributed by atoms with Gasteiger partial charge in [0.2, 0.25) is 5.91 Å². The number of nitro benzene ring substituents is 1. The molecule has 0 fully saturated rings. The second-order valence-corrected chi connectivity index (χ2v) is 5.20. The van der Waals surface area contributed by atoms with E-state index in [1.54, 1.807) is 19.1 Å². The SMILES string of the molecule is COc1cc(C2=CCN(C(C)C(N)=O)CC2)ccc1[N+](=O)[O-]. The van der Waals surface area contributed by atoms with E-state index in [9.17, 15) is 14.9 Å². The summed E-state index contributed by atoms with van der Waals surface area (Å²) in [5.74, 6) is -0.0924. The van der Waals surface area contributed by atoms with Crippen molar-refractivity contribution in [1.82, 2.24) is 4.90 Å². The second-order valence-electron chi connectivity index (χ2n) is 5.20. The summed E-state index contributed by atoms with van der Waals surface area (Å²) in [6.45, 7) is 3.13. The number of primary amides is 1. The largest absolute Gasteiger partial charge is 0.490 e. The van der Waals surface area contributed by atoms with Crippen molar-refractivity contribution in [3.63, 3.8) is 0 Å². The first-order valence-electron chi connectivity index (χ1n) is 6.99. The lowest BCUT2D eigenvalue weighted by atomic mass is 9.98. The molecule has 1 atom stereocenters. The Kier molecular flexibility index (Phi) is 4.77. The zero-order valence-electron chi connectivity index (χ0n) is 12.6. The monoisotopic (exact) mass is 305 g/mol. The van der Waals surface area contributed by atoms with E-state index in [1.165, 1.54) is 13.2 Å². The van der Waals surface area contributed by atoms with Gasteiger partial charge in [0.1, 0.15) is 0 Å². The molecule has 1 heterocycles. The average molecular weight is 305 g/mol. The van der Waals surface area contributed by atoms with Crippen LogP contribution in [0.2, 0.25) is 0 Å². The molecule has 7 nitrogen and oxygen atoms in total. The molecule has 0 radical (unpaired) electrons. The molecule has 2 N–H and O–H groups in total. The Morgan fingerprint density at radius 2 is 2.23 bits per heavy atom. The van der Waals surface area contributed by atoms with Gasteiger partial charge in [-0.3, -0.25) is 19.8 Å². The summed E-state index contributed by atoms with van der Waals surface area (Å²) in [6, 6.07) is 4.55. The van der Waals surface area contributed by atoms with Gasteiger partial charge >= 0.3 is 5.69 Å². The highest BCUT2D eigenvalue weighted by molar-refractivity contribution is 5.79. The fraction of sp³-hybridized carbons (Fsp3) is 0.400. The topological polar surface area (TPSA) is 98.7 Å². The molecule has 1 aliphatic heterocycles. The molecule has 0 saturated carbocycles. The lowest BCUT2D eigenvalue weighted by Crippen LogP contribution is -2.44. The predicted octanol–water partition coefficient (Wildman–Crippen LogP) is 1.57. The average Bonchev–Trinajstić information content (AvgIpc) is 2.53. The zero-order valence-corrected chi connectivity index (χ0v) is 12.6. The van der Waals surface area contributed by atoms with Crippen molar-refractivity contribution in [3.8, 4) is 5.75 Å². The molecule has 0 saturated heterocycles. The molecule has 118 valence electrons. The number of nitro groups is 1. The van der Waals surface area contributed by atoms with Gasteiger partial charge in [-0.05, 0) is 36.6 Å². The molecule has 1 unspecified atom stereocenters. The predicted molar refractivity (Wildman–Crippen MR) is 82.5 cm³/mol. The van der Waals surface area contributed by atoms with Gasteiger partial charge in [0.15, 0.2) is 5.75 Å². The lowest BCUT2D eigenvalue weighted by molar-refractivity contribution is -0.385. The van der Waals surface area contributed by atoms with Crippen LogP contribution in [0.5, 0.6) is 5.75 Å². The summed E-state index contributed by atoms with van der Waals surface area (Å²) in [6.07, 6.45) is 2.77. The Morgan fingerprint density at radius 3 is 2.73 bits per heavy atom. The molecule has 0 bridgehead atoms. The molecule has 7 heteroatoms. The van der Waals surface area contributed by atoms with Crippen LogP contribution in [0.3, 0.4) is 0 Å². The van der Waals surface area contributed by atoms with Gasteiger partial charge in [-0.2, -0.15) is 0 Å². The van der Waals surface area contributed by atoms with Gasteiger partial charge in [0, 0.05) is 19.2 Å². The number of nitrogens with two attached hydrogens (primary N) is 1. The minimum absolute atomic E-state index is 0.0494. The van der Waals surface area contributed by atoms with Crippen LogP contribution in [0, 0.1) is 10.1 Å². The van der Waals surface area contributed by atoms with Crippen molar-refractivity contribution in [2.24, 2.45) is 5.73 Å². The number of rotatable bonds is 5. The molecule has 0 aliphatic carbocycles. The Balaban J connectivity index is 2.20. The normalized spacial score (nSPS) is 16.7. The Hall–Kier alpha value is -2.41. The first-order chi connectivity index (χ1) is 10.4. The Labute approximate surface area is 128 Å². The number of hydrogen-bond donors (Lipinski definition) is 1. The Bertz CT molecular complexity index is 627. The van der Waals surface area contributed by atoms with E-state index in [2.05, 4.69) is 0 Å². The van der Waals surface area contributed by atoms with Gasteiger partial charge in [-0.1, -0.05) is 6.08 Å². The van der Waals surface area contributed by atoms with Crippen LogP contribution in [0.15, 0.2) is 24.3 Å². The minimum Gasteiger partial charge on any atom is -0.490 e. The lowest BCUT2D eigenvalue weighted by Gasteiger charge is -2.30. The van der Waals surface area contributed by atoms with Crippen molar-refractivity contribution in [2.45, 2.75) is 19.4 Å². The second kappa shape index (κ2) is 6.57. The van der Waals surface area contributed by atoms with Crippen molar-refractivity contribution >= 4 is 17.2 Å². The summed E-state index contributed by atoms with van der Waals surface area (Å²) in [5, 5.41) is 10.9. The van der Waals surface area contributed by atoms with Gasteiger partial charge in [-0.25, -0.2) is 0 Å². The Morgan fingerprint density at radius 1 is 1.50 bits per heavy atom. The first-order valence-corrected chi connectivity index (χ1v) is 6.99. The molecule has 22 heavy (non-hydrogen) atoms. The maximum atomic E-state index is 11.2. The van der Waals surface area contributed by atoms with Crippen LogP contribution >= 0.6 is 0 Å². The van der Waals surface area contributed by atoms with E-state index < -0.39 is 4.92 Å². The van der Waals surface area contributed by atoms with Crippen molar-refractivity contribution in [1.29, 1.82) is 0 Å². The summed E-state index contributed by atoms with van der Waals surface area (Å²) in [7, 11) is 1.41. The van der Waals surface area contributed by atoms with E-state index in [0.29, 0.717) is 6.54 Å². The maximum Gasteiger partial charge on any atom is 0.310 e. The van der Waals surface area contributed by atoms with E-state index in [0.717, 1.165) is 24.1 Å². The van der Waals surface area contributed by atoms with Crippen LogP contribution in [0.1, 0.15) is 18.9 Å². The number of benzene rings is 1. The fourth-order valence-corrected chi connectivity index (χ4v) is 2.51. The molecule has 1 aromatic carbocycles. The smallest absolute Gasteiger partial charge is 0.310 e.